The molecule has 1 N–H and O–H groups in total. The lowest BCUT2D eigenvalue weighted by molar-refractivity contribution is -0.122. The molecule has 0 atom stereocenters. The second-order valence-electron chi connectivity index (χ2n) is 7.05. The number of piperazine rings is 1. The van der Waals surface area contributed by atoms with Crippen molar-refractivity contribution in [3.63, 3.8) is 0 Å². The van der Waals surface area contributed by atoms with Crippen LogP contribution >= 0.6 is 23.1 Å². The monoisotopic (exact) mass is 460 g/mol. The summed E-state index contributed by atoms with van der Waals surface area (Å²) in [6, 6.07) is 1.54. The average Bonchev–Trinajstić information content (AvgIpc) is 3.24. The number of thiophene rings is 1. The minimum absolute atomic E-state index is 0.00189. The number of hydrogen-bond acceptors (Lipinski definition) is 7. The second-order valence-corrected chi connectivity index (χ2v) is 11.1. The zero-order chi connectivity index (χ0) is 20.9. The van der Waals surface area contributed by atoms with Crippen molar-refractivity contribution in [2.75, 3.05) is 63.9 Å². The van der Waals surface area contributed by atoms with Crippen molar-refractivity contribution in [1.82, 2.24) is 19.4 Å². The number of sulfonamides is 1. The van der Waals surface area contributed by atoms with Gasteiger partial charge >= 0.3 is 0 Å². The molecule has 0 radical (unpaired) electrons. The third-order valence-electron chi connectivity index (χ3n) is 5.01. The Morgan fingerprint density at radius 1 is 1.10 bits per heavy atom. The zero-order valence-electron chi connectivity index (χ0n) is 16.6. The number of nitrogens with zero attached hydrogens (tertiary/aromatic N) is 3. The Bertz CT molecular complexity index is 813. The summed E-state index contributed by atoms with van der Waals surface area (Å²) in [6.07, 6.45) is 0.899. The minimum atomic E-state index is -3.65. The van der Waals surface area contributed by atoms with Crippen molar-refractivity contribution in [2.24, 2.45) is 0 Å². The summed E-state index contributed by atoms with van der Waals surface area (Å²) in [6.45, 7) is 6.13. The van der Waals surface area contributed by atoms with Crippen LogP contribution in [0, 0.1) is 0 Å². The molecule has 162 valence electrons. The highest BCUT2D eigenvalue weighted by atomic mass is 32.2. The van der Waals surface area contributed by atoms with Gasteiger partial charge in [0.05, 0.1) is 6.54 Å². The van der Waals surface area contributed by atoms with Gasteiger partial charge in [-0.05, 0) is 17.9 Å². The van der Waals surface area contributed by atoms with E-state index >= 15 is 0 Å². The van der Waals surface area contributed by atoms with E-state index in [0.717, 1.165) is 17.9 Å². The molecule has 1 aromatic rings. The van der Waals surface area contributed by atoms with Gasteiger partial charge in [0.2, 0.25) is 15.9 Å². The number of nitrogens with one attached hydrogen (secondary N) is 1. The Kier molecular flexibility index (Phi) is 7.97. The molecule has 3 rings (SSSR count). The molecular formula is C18H28N4O4S3. The highest BCUT2D eigenvalue weighted by Crippen LogP contribution is 2.28. The van der Waals surface area contributed by atoms with Gasteiger partial charge in [0, 0.05) is 57.3 Å². The molecule has 2 fully saturated rings. The predicted molar refractivity (Wildman–Crippen MR) is 116 cm³/mol. The summed E-state index contributed by atoms with van der Waals surface area (Å²) in [5, 5.41) is 4.53. The van der Waals surface area contributed by atoms with Crippen LogP contribution in [0.25, 0.3) is 0 Å². The van der Waals surface area contributed by atoms with Gasteiger partial charge in [0.1, 0.15) is 9.77 Å². The van der Waals surface area contributed by atoms with Gasteiger partial charge in [-0.2, -0.15) is 16.1 Å². The van der Waals surface area contributed by atoms with Gasteiger partial charge in [0.15, 0.2) is 0 Å². The van der Waals surface area contributed by atoms with Crippen LogP contribution in [0.2, 0.25) is 0 Å². The molecule has 2 aliphatic rings. The SMILES string of the molecule is CCCNC(=O)CN1CCN(C(=O)c2sccc2S(=O)(=O)N2CCSCC2)CC1. The maximum Gasteiger partial charge on any atom is 0.265 e. The Labute approximate surface area is 180 Å². The molecule has 3 heterocycles. The Morgan fingerprint density at radius 2 is 1.79 bits per heavy atom. The van der Waals surface area contributed by atoms with Crippen LogP contribution in [0.3, 0.4) is 0 Å². The molecule has 0 unspecified atom stereocenters. The summed E-state index contributed by atoms with van der Waals surface area (Å²) < 4.78 is 27.5. The number of hydrogen-bond donors (Lipinski definition) is 1. The third-order valence-corrected chi connectivity index (χ3v) is 8.93. The number of rotatable bonds is 7. The van der Waals surface area contributed by atoms with Crippen molar-refractivity contribution in [3.05, 3.63) is 16.3 Å². The summed E-state index contributed by atoms with van der Waals surface area (Å²) >= 11 is 2.92. The van der Waals surface area contributed by atoms with E-state index in [-0.39, 0.29) is 21.6 Å². The first kappa shape index (κ1) is 22.5. The highest BCUT2D eigenvalue weighted by Gasteiger charge is 2.33. The van der Waals surface area contributed by atoms with E-state index in [0.29, 0.717) is 52.4 Å². The molecule has 1 aromatic heterocycles. The summed E-state index contributed by atoms with van der Waals surface area (Å²) in [5.74, 6) is 1.32. The number of thioether (sulfide) groups is 1. The zero-order valence-corrected chi connectivity index (χ0v) is 19.1. The lowest BCUT2D eigenvalue weighted by Gasteiger charge is -2.34. The van der Waals surface area contributed by atoms with Gasteiger partial charge in [0.25, 0.3) is 5.91 Å². The van der Waals surface area contributed by atoms with Gasteiger partial charge in [-0.3, -0.25) is 14.5 Å². The van der Waals surface area contributed by atoms with E-state index in [1.807, 2.05) is 11.8 Å². The summed E-state index contributed by atoms with van der Waals surface area (Å²) in [5.41, 5.74) is 0. The minimum Gasteiger partial charge on any atom is -0.355 e. The molecule has 2 aliphatic heterocycles. The van der Waals surface area contributed by atoms with Gasteiger partial charge in [-0.1, -0.05) is 6.92 Å². The first-order chi connectivity index (χ1) is 13.9. The van der Waals surface area contributed by atoms with Crippen molar-refractivity contribution in [3.8, 4) is 0 Å². The maximum absolute atomic E-state index is 13.0. The Morgan fingerprint density at radius 3 is 2.45 bits per heavy atom. The predicted octanol–water partition coefficient (Wildman–Crippen LogP) is 0.770. The van der Waals surface area contributed by atoms with Crippen LogP contribution in [0.4, 0.5) is 0 Å². The highest BCUT2D eigenvalue weighted by molar-refractivity contribution is 7.99. The van der Waals surface area contributed by atoms with Crippen LogP contribution in [0.15, 0.2) is 16.3 Å². The molecule has 0 bridgehead atoms. The lowest BCUT2D eigenvalue weighted by atomic mass is 10.3. The molecule has 8 nitrogen and oxygen atoms in total. The lowest BCUT2D eigenvalue weighted by Crippen LogP contribution is -2.51. The molecule has 0 spiro atoms. The number of carbonyl (C=O) groups is 2. The maximum atomic E-state index is 13.0. The average molecular weight is 461 g/mol. The van der Waals surface area contributed by atoms with Crippen molar-refractivity contribution in [2.45, 2.75) is 18.2 Å². The van der Waals surface area contributed by atoms with E-state index < -0.39 is 10.0 Å². The smallest absolute Gasteiger partial charge is 0.265 e. The van der Waals surface area contributed by atoms with Crippen molar-refractivity contribution >= 4 is 44.9 Å². The fraction of sp³-hybridized carbons (Fsp3) is 0.667. The van der Waals surface area contributed by atoms with Crippen LogP contribution in [-0.2, 0) is 14.8 Å². The van der Waals surface area contributed by atoms with Crippen LogP contribution in [0.1, 0.15) is 23.0 Å². The van der Waals surface area contributed by atoms with E-state index in [1.54, 1.807) is 28.1 Å². The van der Waals surface area contributed by atoms with Gasteiger partial charge in [-0.15, -0.1) is 11.3 Å². The first-order valence-corrected chi connectivity index (χ1v) is 13.3. The quantitative estimate of drug-likeness (QED) is 0.647. The van der Waals surface area contributed by atoms with Gasteiger partial charge < -0.3 is 10.2 Å². The molecule has 2 saturated heterocycles. The molecule has 29 heavy (non-hydrogen) atoms. The molecule has 11 heteroatoms. The fourth-order valence-corrected chi connectivity index (χ4v) is 7.30. The Balaban J connectivity index is 1.61. The first-order valence-electron chi connectivity index (χ1n) is 9.87. The standard InChI is InChI=1S/C18H28N4O4S3/c1-2-4-19-16(23)14-20-5-7-21(8-6-20)18(24)17-15(3-11-28-17)29(25,26)22-9-12-27-13-10-22/h3,11H,2,4-10,12-14H2,1H3,(H,19,23). The molecular weight excluding hydrogens is 432 g/mol. The van der Waals surface area contributed by atoms with E-state index in [9.17, 15) is 18.0 Å². The van der Waals surface area contributed by atoms with Crippen LogP contribution in [-0.4, -0.2) is 98.2 Å². The van der Waals surface area contributed by atoms with E-state index in [2.05, 4.69) is 5.32 Å². The van der Waals surface area contributed by atoms with Gasteiger partial charge in [-0.25, -0.2) is 8.42 Å². The summed E-state index contributed by atoms with van der Waals surface area (Å²) in [7, 11) is -3.65. The third kappa shape index (κ3) is 5.52. The Hall–Kier alpha value is -1.14. The second kappa shape index (κ2) is 10.3. The van der Waals surface area contributed by atoms with E-state index in [4.69, 9.17) is 0 Å². The normalized spacial score (nSPS) is 19.3. The fourth-order valence-electron chi connectivity index (χ4n) is 3.36. The molecule has 0 aliphatic carbocycles. The van der Waals surface area contributed by atoms with Crippen molar-refractivity contribution < 1.29 is 18.0 Å². The largest absolute Gasteiger partial charge is 0.355 e. The van der Waals surface area contributed by atoms with Crippen molar-refractivity contribution in [1.29, 1.82) is 0 Å². The molecule has 0 saturated carbocycles. The summed E-state index contributed by atoms with van der Waals surface area (Å²) in [4.78, 5) is 29.0. The molecule has 0 aromatic carbocycles. The van der Waals surface area contributed by atoms with Crippen LogP contribution in [0.5, 0.6) is 0 Å². The van der Waals surface area contributed by atoms with E-state index in [1.165, 1.54) is 15.6 Å². The topological polar surface area (TPSA) is 90.0 Å². The number of carbonyl (C=O) groups excluding carboxylic acids is 2. The van der Waals surface area contributed by atoms with Crippen LogP contribution < -0.4 is 5.32 Å². The molecule has 2 amide bonds. The number of amides is 2.